The Balaban J connectivity index is 1.89. The maximum atomic E-state index is 13.7. The van der Waals surface area contributed by atoms with E-state index in [9.17, 15) is 23.4 Å². The summed E-state index contributed by atoms with van der Waals surface area (Å²) in [5, 5.41) is 21.2. The lowest BCUT2D eigenvalue weighted by Crippen LogP contribution is -2.81. The highest BCUT2D eigenvalue weighted by molar-refractivity contribution is 5.17. The van der Waals surface area contributed by atoms with Gasteiger partial charge in [0, 0.05) is 12.3 Å². The first-order chi connectivity index (χ1) is 11.4. The molecule has 2 bridgehead atoms. The SMILES string of the molecule is C[C@@H]1CC[C@H]2C(C)(O)C(O)(C(F)(F)F)O[C@@H]3O[C@@]4(C)CC[C@@H]1[C@]32OO4. The van der Waals surface area contributed by atoms with Gasteiger partial charge in [0.15, 0.2) is 11.9 Å². The van der Waals surface area contributed by atoms with E-state index in [1.54, 1.807) is 6.92 Å². The molecular weight excluding hydrogens is 345 g/mol. The number of rotatable bonds is 0. The monoisotopic (exact) mass is 368 g/mol. The molecule has 4 heterocycles. The number of halogens is 3. The third-order valence-corrected chi connectivity index (χ3v) is 6.74. The van der Waals surface area contributed by atoms with Crippen LogP contribution in [0.3, 0.4) is 0 Å². The number of hydrogen-bond donors (Lipinski definition) is 2. The topological polar surface area (TPSA) is 77.4 Å². The normalized spacial score (nSPS) is 58.6. The van der Waals surface area contributed by atoms with Gasteiger partial charge in [0.05, 0.1) is 0 Å². The van der Waals surface area contributed by atoms with Crippen molar-refractivity contribution in [2.24, 2.45) is 17.8 Å². The van der Waals surface area contributed by atoms with Crippen LogP contribution in [0, 0.1) is 17.8 Å². The van der Waals surface area contributed by atoms with Crippen LogP contribution in [0.4, 0.5) is 13.2 Å². The molecule has 6 nitrogen and oxygen atoms in total. The molecule has 1 aliphatic carbocycles. The van der Waals surface area contributed by atoms with Gasteiger partial charge in [-0.15, -0.1) is 0 Å². The molecule has 0 aromatic carbocycles. The second-order valence-corrected chi connectivity index (χ2v) is 8.26. The average Bonchev–Trinajstić information content (AvgIpc) is 2.70. The van der Waals surface area contributed by atoms with Crippen LogP contribution in [0.5, 0.6) is 0 Å². The van der Waals surface area contributed by atoms with E-state index in [1.807, 2.05) is 6.92 Å². The molecule has 4 aliphatic heterocycles. The van der Waals surface area contributed by atoms with Gasteiger partial charge in [-0.2, -0.15) is 13.2 Å². The third kappa shape index (κ3) is 2.02. The van der Waals surface area contributed by atoms with Crippen molar-refractivity contribution in [1.29, 1.82) is 0 Å². The second kappa shape index (κ2) is 4.88. The predicted molar refractivity (Wildman–Crippen MR) is 75.5 cm³/mol. The van der Waals surface area contributed by atoms with Crippen molar-refractivity contribution in [3.8, 4) is 0 Å². The van der Waals surface area contributed by atoms with Crippen LogP contribution in [-0.4, -0.2) is 45.5 Å². The minimum atomic E-state index is -5.20. The van der Waals surface area contributed by atoms with Crippen molar-refractivity contribution in [3.63, 3.8) is 0 Å². The van der Waals surface area contributed by atoms with Gasteiger partial charge in [-0.1, -0.05) is 6.92 Å². The van der Waals surface area contributed by atoms with Crippen LogP contribution in [0.1, 0.15) is 46.5 Å². The summed E-state index contributed by atoms with van der Waals surface area (Å²) in [7, 11) is 0. The highest BCUT2D eigenvalue weighted by atomic mass is 19.4. The van der Waals surface area contributed by atoms with Gasteiger partial charge in [-0.3, -0.25) is 0 Å². The summed E-state index contributed by atoms with van der Waals surface area (Å²) in [6, 6.07) is 0. The molecule has 144 valence electrons. The van der Waals surface area contributed by atoms with Crippen molar-refractivity contribution >= 4 is 0 Å². The summed E-state index contributed by atoms with van der Waals surface area (Å²) in [5.74, 6) is -6.16. The lowest BCUT2D eigenvalue weighted by atomic mass is 9.55. The lowest BCUT2D eigenvalue weighted by molar-refractivity contribution is -0.607. The first-order valence-corrected chi connectivity index (χ1v) is 8.61. The molecule has 2 unspecified atom stereocenters. The Kier molecular flexibility index (Phi) is 3.50. The summed E-state index contributed by atoms with van der Waals surface area (Å²) < 4.78 is 51.8. The fourth-order valence-electron chi connectivity index (χ4n) is 5.29. The summed E-state index contributed by atoms with van der Waals surface area (Å²) >= 11 is 0. The maximum Gasteiger partial charge on any atom is 0.446 e. The highest BCUT2D eigenvalue weighted by Crippen LogP contribution is 2.64. The molecule has 8 atom stereocenters. The van der Waals surface area contributed by atoms with E-state index in [0.29, 0.717) is 19.3 Å². The first kappa shape index (κ1) is 17.9. The maximum absolute atomic E-state index is 13.7. The fraction of sp³-hybridized carbons (Fsp3) is 1.00. The molecule has 5 rings (SSSR count). The molecule has 9 heteroatoms. The van der Waals surface area contributed by atoms with Crippen LogP contribution in [0.2, 0.25) is 0 Å². The molecule has 0 aromatic heterocycles. The van der Waals surface area contributed by atoms with Gasteiger partial charge in [0.25, 0.3) is 5.79 Å². The standard InChI is InChI=1S/C16H23F3O6/c1-8-4-5-10-13(3,20)15(21,16(17,18)19)23-11-14(10)9(8)6-7-12(2,22-11)24-25-14/h8-11,20-21H,4-7H2,1-3H3/t8-,9+,10+,11+,12-,13?,14-,15?/m1/s1. The van der Waals surface area contributed by atoms with E-state index >= 15 is 0 Å². The van der Waals surface area contributed by atoms with E-state index in [2.05, 4.69) is 0 Å². The molecule has 2 N–H and O–H groups in total. The molecule has 5 fully saturated rings. The average molecular weight is 368 g/mol. The van der Waals surface area contributed by atoms with Gasteiger partial charge in [0.1, 0.15) is 5.60 Å². The number of ether oxygens (including phenoxy) is 2. The minimum absolute atomic E-state index is 0.128. The van der Waals surface area contributed by atoms with Gasteiger partial charge >= 0.3 is 6.18 Å². The molecule has 0 amide bonds. The van der Waals surface area contributed by atoms with Crippen LogP contribution < -0.4 is 0 Å². The summed E-state index contributed by atoms with van der Waals surface area (Å²) in [5.41, 5.74) is -4.01. The van der Waals surface area contributed by atoms with Crippen LogP contribution in [0.25, 0.3) is 0 Å². The molecule has 0 aromatic rings. The van der Waals surface area contributed by atoms with E-state index in [4.69, 9.17) is 19.2 Å². The minimum Gasteiger partial charge on any atom is -0.384 e. The molecular formula is C16H23F3O6. The van der Waals surface area contributed by atoms with Crippen molar-refractivity contribution in [2.75, 3.05) is 0 Å². The van der Waals surface area contributed by atoms with Gasteiger partial charge in [0.2, 0.25) is 5.79 Å². The van der Waals surface area contributed by atoms with E-state index in [-0.39, 0.29) is 18.3 Å². The zero-order chi connectivity index (χ0) is 18.5. The van der Waals surface area contributed by atoms with Crippen LogP contribution >= 0.6 is 0 Å². The molecule has 1 saturated carbocycles. The fourth-order valence-corrected chi connectivity index (χ4v) is 5.29. The van der Waals surface area contributed by atoms with E-state index < -0.39 is 41.2 Å². The Morgan fingerprint density at radius 2 is 1.68 bits per heavy atom. The van der Waals surface area contributed by atoms with Crippen molar-refractivity contribution in [1.82, 2.24) is 0 Å². The lowest BCUT2D eigenvalue weighted by Gasteiger charge is -2.64. The number of fused-ring (bicyclic) bond motifs is 2. The van der Waals surface area contributed by atoms with Gasteiger partial charge < -0.3 is 19.7 Å². The summed E-state index contributed by atoms with van der Waals surface area (Å²) in [4.78, 5) is 11.1. The Morgan fingerprint density at radius 3 is 2.32 bits per heavy atom. The second-order valence-electron chi connectivity index (χ2n) is 8.26. The van der Waals surface area contributed by atoms with E-state index in [1.165, 1.54) is 0 Å². The Bertz CT molecular complexity index is 583. The molecule has 4 saturated heterocycles. The van der Waals surface area contributed by atoms with E-state index in [0.717, 1.165) is 6.92 Å². The molecule has 0 radical (unpaired) electrons. The largest absolute Gasteiger partial charge is 0.446 e. The Labute approximate surface area is 143 Å². The Morgan fingerprint density at radius 1 is 1.00 bits per heavy atom. The van der Waals surface area contributed by atoms with Crippen LogP contribution in [-0.2, 0) is 19.2 Å². The molecule has 1 spiro atoms. The zero-order valence-electron chi connectivity index (χ0n) is 14.3. The quantitative estimate of drug-likeness (QED) is 0.639. The van der Waals surface area contributed by atoms with Gasteiger partial charge in [-0.25, -0.2) is 9.78 Å². The first-order valence-electron chi connectivity index (χ1n) is 8.61. The third-order valence-electron chi connectivity index (χ3n) is 6.74. The zero-order valence-corrected chi connectivity index (χ0v) is 14.3. The van der Waals surface area contributed by atoms with Crippen LogP contribution in [0.15, 0.2) is 0 Å². The number of aliphatic hydroxyl groups is 2. The summed E-state index contributed by atoms with van der Waals surface area (Å²) in [6.45, 7) is 4.52. The number of hydrogen-bond acceptors (Lipinski definition) is 6. The van der Waals surface area contributed by atoms with Crippen molar-refractivity contribution in [2.45, 2.75) is 81.7 Å². The predicted octanol–water partition coefficient (Wildman–Crippen LogP) is 2.23. The Hall–Kier alpha value is -0.450. The highest BCUT2D eigenvalue weighted by Gasteiger charge is 2.81. The summed E-state index contributed by atoms with van der Waals surface area (Å²) in [6.07, 6.45) is -4.83. The van der Waals surface area contributed by atoms with Crippen molar-refractivity contribution < 1.29 is 42.6 Å². The molecule has 5 aliphatic rings. The smallest absolute Gasteiger partial charge is 0.384 e. The molecule has 25 heavy (non-hydrogen) atoms. The number of alkyl halides is 3. The van der Waals surface area contributed by atoms with Crippen molar-refractivity contribution in [3.05, 3.63) is 0 Å². The van der Waals surface area contributed by atoms with Gasteiger partial charge in [-0.05, 0) is 44.9 Å².